The minimum absolute atomic E-state index is 0.0418. The van der Waals surface area contributed by atoms with Gasteiger partial charge in [0.15, 0.2) is 4.96 Å². The molecule has 140 valence electrons. The molecule has 0 aromatic carbocycles. The van der Waals surface area contributed by atoms with Crippen molar-refractivity contribution in [2.75, 3.05) is 26.2 Å². The van der Waals surface area contributed by atoms with Gasteiger partial charge in [-0.3, -0.25) is 14.0 Å². The minimum atomic E-state index is -0.540. The van der Waals surface area contributed by atoms with Crippen molar-refractivity contribution in [3.63, 3.8) is 0 Å². The third-order valence-electron chi connectivity index (χ3n) is 5.51. The fourth-order valence-corrected chi connectivity index (χ4v) is 4.43. The number of piperidine rings is 1. The quantitative estimate of drug-likeness (QED) is 0.822. The lowest BCUT2D eigenvalue weighted by atomic mass is 9.86. The van der Waals surface area contributed by atoms with E-state index in [4.69, 9.17) is 0 Å². The Kier molecular flexibility index (Phi) is 4.27. The van der Waals surface area contributed by atoms with Gasteiger partial charge in [-0.05, 0) is 18.3 Å². The Morgan fingerprint density at radius 1 is 1.31 bits per heavy atom. The van der Waals surface area contributed by atoms with Crippen LogP contribution in [0.2, 0.25) is 0 Å². The standard InChI is InChI=1S/C18H25N5O2S/c1-17(2)11-19-15(25)18(20-12-17)3-5-22(6-4-18)14(24)9-13-10-23-7-8-26-16(23)21-13/h7-8,10,20H,3-6,9,11-12H2,1-2H3,(H,19,25). The van der Waals surface area contributed by atoms with Crippen LogP contribution in [0.15, 0.2) is 17.8 Å². The molecule has 0 atom stereocenters. The van der Waals surface area contributed by atoms with Crippen LogP contribution in [0.5, 0.6) is 0 Å². The van der Waals surface area contributed by atoms with E-state index in [-0.39, 0.29) is 17.2 Å². The van der Waals surface area contributed by atoms with Crippen LogP contribution in [0.1, 0.15) is 32.4 Å². The first kappa shape index (κ1) is 17.5. The second kappa shape index (κ2) is 6.35. The van der Waals surface area contributed by atoms with Crippen LogP contribution in [0.4, 0.5) is 0 Å². The molecule has 2 N–H and O–H groups in total. The summed E-state index contributed by atoms with van der Waals surface area (Å²) in [5, 5.41) is 8.55. The molecule has 0 unspecified atom stereocenters. The minimum Gasteiger partial charge on any atom is -0.354 e. The Morgan fingerprint density at radius 3 is 2.81 bits per heavy atom. The van der Waals surface area contributed by atoms with E-state index in [0.717, 1.165) is 17.2 Å². The van der Waals surface area contributed by atoms with Crippen LogP contribution in [0.25, 0.3) is 4.96 Å². The molecule has 26 heavy (non-hydrogen) atoms. The Labute approximate surface area is 156 Å². The number of imidazole rings is 1. The molecule has 0 bridgehead atoms. The number of nitrogens with one attached hydrogen (secondary N) is 2. The highest BCUT2D eigenvalue weighted by atomic mass is 32.1. The summed E-state index contributed by atoms with van der Waals surface area (Å²) in [5.74, 6) is 0.157. The molecule has 8 heteroatoms. The third-order valence-corrected chi connectivity index (χ3v) is 6.28. The zero-order valence-corrected chi connectivity index (χ0v) is 16.1. The summed E-state index contributed by atoms with van der Waals surface area (Å²) in [6.45, 7) is 6.97. The van der Waals surface area contributed by atoms with E-state index in [2.05, 4.69) is 29.5 Å². The summed E-state index contributed by atoms with van der Waals surface area (Å²) in [4.78, 5) is 32.5. The van der Waals surface area contributed by atoms with Gasteiger partial charge in [-0.15, -0.1) is 11.3 Å². The van der Waals surface area contributed by atoms with Crippen LogP contribution in [-0.4, -0.2) is 57.8 Å². The molecule has 2 aliphatic heterocycles. The maximum absolute atomic E-state index is 12.6. The fourth-order valence-electron chi connectivity index (χ4n) is 3.71. The van der Waals surface area contributed by atoms with E-state index in [1.54, 1.807) is 11.3 Å². The molecule has 2 aromatic heterocycles. The molecule has 2 fully saturated rings. The van der Waals surface area contributed by atoms with Crippen molar-refractivity contribution in [3.8, 4) is 0 Å². The number of carbonyl (C=O) groups is 2. The number of thiazole rings is 1. The monoisotopic (exact) mass is 375 g/mol. The van der Waals surface area contributed by atoms with Gasteiger partial charge in [0.05, 0.1) is 12.1 Å². The van der Waals surface area contributed by atoms with Gasteiger partial charge in [-0.2, -0.15) is 0 Å². The fraction of sp³-hybridized carbons (Fsp3) is 0.611. The number of hydrogen-bond donors (Lipinski definition) is 2. The SMILES string of the molecule is CC1(C)CNC(=O)C2(CCN(C(=O)Cc3cn4ccsc4n3)CC2)NC1. The van der Waals surface area contributed by atoms with Gasteiger partial charge >= 0.3 is 0 Å². The average molecular weight is 375 g/mol. The van der Waals surface area contributed by atoms with Crippen LogP contribution in [0.3, 0.4) is 0 Å². The molecule has 0 saturated carbocycles. The molecule has 1 spiro atoms. The van der Waals surface area contributed by atoms with E-state index in [1.807, 2.05) is 27.1 Å². The summed E-state index contributed by atoms with van der Waals surface area (Å²) >= 11 is 1.56. The number of rotatable bonds is 2. The van der Waals surface area contributed by atoms with E-state index in [1.165, 1.54) is 0 Å². The zero-order chi connectivity index (χ0) is 18.4. The van der Waals surface area contributed by atoms with Crippen molar-refractivity contribution in [3.05, 3.63) is 23.5 Å². The van der Waals surface area contributed by atoms with Crippen molar-refractivity contribution in [2.45, 2.75) is 38.6 Å². The summed E-state index contributed by atoms with van der Waals surface area (Å²) in [5.41, 5.74) is 0.302. The first-order chi connectivity index (χ1) is 12.4. The van der Waals surface area contributed by atoms with Gasteiger partial charge in [0.2, 0.25) is 11.8 Å². The van der Waals surface area contributed by atoms with Crippen molar-refractivity contribution in [1.29, 1.82) is 0 Å². The second-order valence-corrected chi connectivity index (χ2v) is 9.04. The van der Waals surface area contributed by atoms with Gasteiger partial charge in [0.1, 0.15) is 5.54 Å². The van der Waals surface area contributed by atoms with E-state index in [0.29, 0.717) is 38.9 Å². The molecule has 0 aliphatic carbocycles. The normalized spacial score (nSPS) is 22.4. The average Bonchev–Trinajstić information content (AvgIpc) is 3.17. The molecule has 2 aromatic rings. The maximum Gasteiger partial charge on any atom is 0.240 e. The van der Waals surface area contributed by atoms with E-state index in [9.17, 15) is 9.59 Å². The molecule has 0 radical (unpaired) electrons. The first-order valence-corrected chi connectivity index (χ1v) is 9.97. The lowest BCUT2D eigenvalue weighted by Gasteiger charge is -2.40. The topological polar surface area (TPSA) is 78.7 Å². The number of fused-ring (bicyclic) bond motifs is 1. The van der Waals surface area contributed by atoms with Crippen molar-refractivity contribution >= 4 is 28.1 Å². The molecule has 2 aliphatic rings. The van der Waals surface area contributed by atoms with Crippen LogP contribution in [0, 0.1) is 5.41 Å². The smallest absolute Gasteiger partial charge is 0.240 e. The largest absolute Gasteiger partial charge is 0.354 e. The number of aromatic nitrogens is 2. The van der Waals surface area contributed by atoms with E-state index >= 15 is 0 Å². The molecule has 4 rings (SSSR count). The molecule has 2 saturated heterocycles. The van der Waals surface area contributed by atoms with Crippen molar-refractivity contribution < 1.29 is 9.59 Å². The summed E-state index contributed by atoms with van der Waals surface area (Å²) < 4.78 is 1.94. The summed E-state index contributed by atoms with van der Waals surface area (Å²) in [6, 6.07) is 0. The molecular weight excluding hydrogens is 350 g/mol. The number of nitrogens with zero attached hydrogens (tertiary/aromatic N) is 3. The lowest BCUT2D eigenvalue weighted by molar-refractivity contribution is -0.136. The Balaban J connectivity index is 1.38. The lowest BCUT2D eigenvalue weighted by Crippen LogP contribution is -2.61. The first-order valence-electron chi connectivity index (χ1n) is 9.09. The molecule has 2 amide bonds. The number of likely N-dealkylation sites (tertiary alicyclic amines) is 1. The third kappa shape index (κ3) is 3.23. The highest BCUT2D eigenvalue weighted by molar-refractivity contribution is 7.15. The van der Waals surface area contributed by atoms with Gasteiger partial charge in [0, 0.05) is 44.0 Å². The summed E-state index contributed by atoms with van der Waals surface area (Å²) in [7, 11) is 0. The predicted octanol–water partition coefficient (Wildman–Crippen LogP) is 1.05. The zero-order valence-electron chi connectivity index (χ0n) is 15.2. The maximum atomic E-state index is 12.6. The summed E-state index contributed by atoms with van der Waals surface area (Å²) in [6.07, 6.45) is 5.48. The molecule has 7 nitrogen and oxygen atoms in total. The Hall–Kier alpha value is -1.93. The second-order valence-electron chi connectivity index (χ2n) is 8.17. The number of carbonyl (C=O) groups excluding carboxylic acids is 2. The Morgan fingerprint density at radius 2 is 2.08 bits per heavy atom. The van der Waals surface area contributed by atoms with Crippen LogP contribution in [-0.2, 0) is 16.0 Å². The van der Waals surface area contributed by atoms with E-state index < -0.39 is 5.54 Å². The highest BCUT2D eigenvalue weighted by Crippen LogP contribution is 2.27. The van der Waals surface area contributed by atoms with Gasteiger partial charge in [-0.1, -0.05) is 13.8 Å². The van der Waals surface area contributed by atoms with Crippen molar-refractivity contribution in [2.24, 2.45) is 5.41 Å². The predicted molar refractivity (Wildman–Crippen MR) is 100 cm³/mol. The van der Waals surface area contributed by atoms with Gasteiger partial charge in [0.25, 0.3) is 0 Å². The van der Waals surface area contributed by atoms with Gasteiger partial charge in [-0.25, -0.2) is 4.98 Å². The van der Waals surface area contributed by atoms with Crippen molar-refractivity contribution in [1.82, 2.24) is 24.9 Å². The Bertz CT molecular complexity index is 803. The number of hydrogen-bond acceptors (Lipinski definition) is 5. The van der Waals surface area contributed by atoms with Crippen LogP contribution >= 0.6 is 11.3 Å². The number of amides is 2. The van der Waals surface area contributed by atoms with Gasteiger partial charge < -0.3 is 15.5 Å². The molecule has 4 heterocycles. The van der Waals surface area contributed by atoms with Crippen LogP contribution < -0.4 is 10.6 Å². The highest BCUT2D eigenvalue weighted by Gasteiger charge is 2.44. The molecular formula is C18H25N5O2S.